The number of hydrogen-bond acceptors (Lipinski definition) is 3. The van der Waals surface area contributed by atoms with Gasteiger partial charge in [0.15, 0.2) is 0 Å². The van der Waals surface area contributed by atoms with E-state index < -0.39 is 5.97 Å². The van der Waals surface area contributed by atoms with Crippen LogP contribution in [0.15, 0.2) is 24.3 Å². The van der Waals surface area contributed by atoms with Crippen molar-refractivity contribution in [1.82, 2.24) is 10.2 Å². The van der Waals surface area contributed by atoms with Gasteiger partial charge in [-0.25, -0.2) is 0 Å². The molecule has 0 spiro atoms. The van der Waals surface area contributed by atoms with Crippen LogP contribution in [-0.4, -0.2) is 42.2 Å². The number of carboxylic acids is 1. The second kappa shape index (κ2) is 6.68. The summed E-state index contributed by atoms with van der Waals surface area (Å²) in [5.41, 5.74) is 2.04. The summed E-state index contributed by atoms with van der Waals surface area (Å²) in [7, 11) is 2.12. The van der Waals surface area contributed by atoms with Crippen molar-refractivity contribution in [2.24, 2.45) is 0 Å². The lowest BCUT2D eigenvalue weighted by atomic mass is 10.0. The number of carbonyl (C=O) groups is 1. The van der Waals surface area contributed by atoms with Crippen molar-refractivity contribution in [2.45, 2.75) is 31.8 Å². The van der Waals surface area contributed by atoms with Gasteiger partial charge in [-0.3, -0.25) is 9.69 Å². The predicted octanol–water partition coefficient (Wildman–Crippen LogP) is 1.50. The molecule has 1 aromatic rings. The van der Waals surface area contributed by atoms with Crippen molar-refractivity contribution in [2.75, 3.05) is 20.1 Å². The summed E-state index contributed by atoms with van der Waals surface area (Å²) in [6.45, 7) is 2.95. The smallest absolute Gasteiger partial charge is 0.307 e. The first-order valence-electron chi connectivity index (χ1n) is 6.86. The average Bonchev–Trinajstić information content (AvgIpc) is 2.41. The Morgan fingerprint density at radius 3 is 2.79 bits per heavy atom. The van der Waals surface area contributed by atoms with Crippen LogP contribution in [0.4, 0.5) is 0 Å². The summed E-state index contributed by atoms with van der Waals surface area (Å²) in [4.78, 5) is 13.2. The molecule has 0 aliphatic carbocycles. The minimum absolute atomic E-state index is 0.104. The zero-order valence-corrected chi connectivity index (χ0v) is 11.4. The van der Waals surface area contributed by atoms with Crippen LogP contribution in [0.2, 0.25) is 0 Å². The van der Waals surface area contributed by atoms with Gasteiger partial charge in [0.05, 0.1) is 6.42 Å². The molecular formula is C15H22N2O2. The van der Waals surface area contributed by atoms with Gasteiger partial charge in [0.2, 0.25) is 0 Å². The number of nitrogens with one attached hydrogen (secondary N) is 1. The van der Waals surface area contributed by atoms with Crippen LogP contribution in [0.1, 0.15) is 24.0 Å². The molecule has 104 valence electrons. The van der Waals surface area contributed by atoms with Gasteiger partial charge in [0, 0.05) is 19.1 Å². The van der Waals surface area contributed by atoms with E-state index in [1.165, 1.54) is 12.8 Å². The highest BCUT2D eigenvalue weighted by Crippen LogP contribution is 2.16. The summed E-state index contributed by atoms with van der Waals surface area (Å²) in [6, 6.07) is 8.38. The number of nitrogens with zero attached hydrogens (tertiary/aromatic N) is 1. The number of hydrogen-bond donors (Lipinski definition) is 2. The monoisotopic (exact) mass is 262 g/mol. The Labute approximate surface area is 114 Å². The van der Waals surface area contributed by atoms with E-state index in [4.69, 9.17) is 5.11 Å². The lowest BCUT2D eigenvalue weighted by Gasteiger charge is -2.32. The van der Waals surface area contributed by atoms with Gasteiger partial charge in [-0.2, -0.15) is 0 Å². The first-order chi connectivity index (χ1) is 9.16. The fraction of sp³-hybridized carbons (Fsp3) is 0.533. The van der Waals surface area contributed by atoms with Gasteiger partial charge >= 0.3 is 5.97 Å². The van der Waals surface area contributed by atoms with Gasteiger partial charge in [0.25, 0.3) is 0 Å². The minimum Gasteiger partial charge on any atom is -0.481 e. The van der Waals surface area contributed by atoms with Crippen LogP contribution < -0.4 is 5.32 Å². The third-order valence-corrected chi connectivity index (χ3v) is 3.77. The Morgan fingerprint density at radius 2 is 2.16 bits per heavy atom. The number of carboxylic acid groups (broad SMARTS) is 1. The largest absolute Gasteiger partial charge is 0.481 e. The molecule has 0 radical (unpaired) electrons. The summed E-state index contributed by atoms with van der Waals surface area (Å²) >= 11 is 0. The van der Waals surface area contributed by atoms with Crippen LogP contribution in [-0.2, 0) is 17.8 Å². The van der Waals surface area contributed by atoms with Crippen LogP contribution >= 0.6 is 0 Å². The fourth-order valence-corrected chi connectivity index (χ4v) is 2.65. The van der Waals surface area contributed by atoms with Crippen LogP contribution in [0, 0.1) is 0 Å². The highest BCUT2D eigenvalue weighted by atomic mass is 16.4. The van der Waals surface area contributed by atoms with Gasteiger partial charge in [0.1, 0.15) is 0 Å². The lowest BCUT2D eigenvalue weighted by molar-refractivity contribution is -0.136. The van der Waals surface area contributed by atoms with E-state index in [2.05, 4.69) is 17.3 Å². The predicted molar refractivity (Wildman–Crippen MR) is 75.1 cm³/mol. The molecule has 1 unspecified atom stereocenters. The lowest BCUT2D eigenvalue weighted by Crippen LogP contribution is -2.43. The van der Waals surface area contributed by atoms with E-state index >= 15 is 0 Å². The van der Waals surface area contributed by atoms with Crippen molar-refractivity contribution in [3.8, 4) is 0 Å². The molecule has 4 heteroatoms. The zero-order chi connectivity index (χ0) is 13.7. The van der Waals surface area contributed by atoms with E-state index in [9.17, 15) is 4.79 Å². The summed E-state index contributed by atoms with van der Waals surface area (Å²) < 4.78 is 0. The van der Waals surface area contributed by atoms with Crippen molar-refractivity contribution < 1.29 is 9.90 Å². The quantitative estimate of drug-likeness (QED) is 0.844. The molecule has 1 aromatic carbocycles. The second-order valence-electron chi connectivity index (χ2n) is 5.25. The first kappa shape index (κ1) is 14.0. The van der Waals surface area contributed by atoms with Crippen molar-refractivity contribution >= 4 is 5.97 Å². The Kier molecular flexibility index (Phi) is 4.93. The molecule has 0 bridgehead atoms. The van der Waals surface area contributed by atoms with Gasteiger partial charge < -0.3 is 10.4 Å². The average molecular weight is 262 g/mol. The molecule has 0 aromatic heterocycles. The van der Waals surface area contributed by atoms with Crippen molar-refractivity contribution in [3.05, 3.63) is 35.4 Å². The number of aliphatic carboxylic acids is 1. The molecule has 1 heterocycles. The number of benzene rings is 1. The maximum absolute atomic E-state index is 10.9. The van der Waals surface area contributed by atoms with Gasteiger partial charge in [-0.1, -0.05) is 24.3 Å². The molecule has 1 aliphatic rings. The number of rotatable bonds is 5. The molecule has 0 amide bonds. The summed E-state index contributed by atoms with van der Waals surface area (Å²) in [5.74, 6) is -0.769. The molecule has 4 nitrogen and oxygen atoms in total. The van der Waals surface area contributed by atoms with Crippen molar-refractivity contribution in [3.63, 3.8) is 0 Å². The maximum Gasteiger partial charge on any atom is 0.307 e. The van der Waals surface area contributed by atoms with E-state index in [1.807, 2.05) is 24.3 Å². The maximum atomic E-state index is 10.9. The van der Waals surface area contributed by atoms with Gasteiger partial charge in [-0.15, -0.1) is 0 Å². The first-order valence-corrected chi connectivity index (χ1v) is 6.86. The third kappa shape index (κ3) is 4.04. The minimum atomic E-state index is -0.769. The highest BCUT2D eigenvalue weighted by molar-refractivity contribution is 5.70. The molecule has 2 N–H and O–H groups in total. The highest BCUT2D eigenvalue weighted by Gasteiger charge is 2.18. The fourth-order valence-electron chi connectivity index (χ4n) is 2.65. The topological polar surface area (TPSA) is 52.6 Å². The Balaban J connectivity index is 2.02. The summed E-state index contributed by atoms with van der Waals surface area (Å²) in [5, 5.41) is 12.4. The Morgan fingerprint density at radius 1 is 1.42 bits per heavy atom. The summed E-state index contributed by atoms with van der Waals surface area (Å²) in [6.07, 6.45) is 2.53. The van der Waals surface area contributed by atoms with E-state index in [1.54, 1.807) is 0 Å². The molecule has 1 fully saturated rings. The van der Waals surface area contributed by atoms with E-state index in [0.717, 1.165) is 30.8 Å². The normalized spacial score (nSPS) is 19.6. The molecule has 0 saturated carbocycles. The SMILES string of the molecule is CN(Cc1ccccc1CC(=O)O)C1CCCNC1. The van der Waals surface area contributed by atoms with Gasteiger partial charge in [-0.05, 0) is 37.6 Å². The van der Waals surface area contributed by atoms with E-state index in [0.29, 0.717) is 6.04 Å². The van der Waals surface area contributed by atoms with Crippen LogP contribution in [0.5, 0.6) is 0 Å². The molecule has 1 aliphatic heterocycles. The molecule has 19 heavy (non-hydrogen) atoms. The molecule has 1 atom stereocenters. The number of likely N-dealkylation sites (N-methyl/N-ethyl adjacent to an activating group) is 1. The molecule has 2 rings (SSSR count). The zero-order valence-electron chi connectivity index (χ0n) is 11.4. The van der Waals surface area contributed by atoms with Crippen LogP contribution in [0.25, 0.3) is 0 Å². The Bertz CT molecular complexity index is 428. The van der Waals surface area contributed by atoms with E-state index in [-0.39, 0.29) is 6.42 Å². The Hall–Kier alpha value is -1.39. The number of piperidine rings is 1. The molecule has 1 saturated heterocycles. The third-order valence-electron chi connectivity index (χ3n) is 3.77. The molecular weight excluding hydrogens is 240 g/mol. The van der Waals surface area contributed by atoms with Crippen molar-refractivity contribution in [1.29, 1.82) is 0 Å². The standard InChI is InChI=1S/C15H22N2O2/c1-17(14-7-4-8-16-10-14)11-13-6-3-2-5-12(13)9-15(18)19/h2-3,5-6,14,16H,4,7-11H2,1H3,(H,18,19). The second-order valence-corrected chi connectivity index (χ2v) is 5.25. The van der Waals surface area contributed by atoms with Crippen LogP contribution in [0.3, 0.4) is 0 Å².